The third kappa shape index (κ3) is 4.86. The van der Waals surface area contributed by atoms with E-state index in [-0.39, 0.29) is 11.5 Å². The molecule has 2 N–H and O–H groups in total. The van der Waals surface area contributed by atoms with Crippen molar-refractivity contribution in [2.75, 3.05) is 36.9 Å². The number of pyridine rings is 1. The highest BCUT2D eigenvalue weighted by Crippen LogP contribution is 2.37. The van der Waals surface area contributed by atoms with E-state index in [1.165, 1.54) is 33.5 Å². The van der Waals surface area contributed by atoms with Crippen LogP contribution in [0.5, 0.6) is 0 Å². The first-order valence-electron chi connectivity index (χ1n) is 15.0. The van der Waals surface area contributed by atoms with Crippen LogP contribution in [-0.4, -0.2) is 51.7 Å². The van der Waals surface area contributed by atoms with Crippen molar-refractivity contribution in [3.05, 3.63) is 99.0 Å². The van der Waals surface area contributed by atoms with E-state index in [4.69, 9.17) is 0 Å². The van der Waals surface area contributed by atoms with E-state index >= 15 is 4.39 Å². The van der Waals surface area contributed by atoms with Crippen LogP contribution in [0.25, 0.3) is 11.1 Å². The van der Waals surface area contributed by atoms with Crippen molar-refractivity contribution in [1.29, 1.82) is 0 Å². The van der Waals surface area contributed by atoms with E-state index in [0.717, 1.165) is 44.5 Å². The summed E-state index contributed by atoms with van der Waals surface area (Å²) in [7, 11) is 3.75. The third-order valence-corrected chi connectivity index (χ3v) is 9.28. The number of carbonyl (C=O) groups excluding carboxylic acids is 1. The molecule has 2 aromatic carbocycles. The molecule has 0 saturated carbocycles. The highest BCUT2D eigenvalue weighted by molar-refractivity contribution is 6.07. The largest absolute Gasteiger partial charge is 0.392 e. The maximum atomic E-state index is 15.3. The number of likely N-dealkylation sites (tertiary alicyclic amines) is 1. The summed E-state index contributed by atoms with van der Waals surface area (Å²) in [6.45, 7) is 2.69. The fraction of sp³-hybridized carbons (Fsp3) is 0.353. The van der Waals surface area contributed by atoms with Crippen molar-refractivity contribution in [1.82, 2.24) is 14.0 Å². The molecule has 0 radical (unpaired) electrons. The quantitative estimate of drug-likeness (QED) is 0.342. The monoisotopic (exact) mass is 581 g/mol. The fourth-order valence-electron chi connectivity index (χ4n) is 7.01. The number of amides is 1. The van der Waals surface area contributed by atoms with Gasteiger partial charge in [0.1, 0.15) is 17.2 Å². The lowest BCUT2D eigenvalue weighted by Gasteiger charge is -2.36. The molecule has 2 aromatic heterocycles. The molecule has 3 aliphatic rings. The SMILES string of the molecule is CN1CC(c2ccc(Nc3cc(-c4cc(F)cc(N5CCn6c(cc7c6CCCC7)C5=O)c4CO)cn(C)c3=O)cc2)C1. The van der Waals surface area contributed by atoms with Crippen LogP contribution in [0.2, 0.25) is 0 Å². The van der Waals surface area contributed by atoms with Crippen molar-refractivity contribution < 1.29 is 14.3 Å². The molecular formula is C34H36FN5O3. The number of halogens is 1. The number of nitrogens with zero attached hydrogens (tertiary/aromatic N) is 4. The second-order valence-electron chi connectivity index (χ2n) is 12.1. The first-order valence-corrected chi connectivity index (χ1v) is 15.0. The van der Waals surface area contributed by atoms with Gasteiger partial charge in [-0.2, -0.15) is 0 Å². The van der Waals surface area contributed by atoms with Gasteiger partial charge in [-0.25, -0.2) is 4.39 Å². The Bertz CT molecular complexity index is 1790. The summed E-state index contributed by atoms with van der Waals surface area (Å²) < 4.78 is 18.8. The molecule has 0 bridgehead atoms. The van der Waals surface area contributed by atoms with E-state index in [9.17, 15) is 14.7 Å². The Hall–Kier alpha value is -4.21. The van der Waals surface area contributed by atoms with Gasteiger partial charge in [0.05, 0.1) is 12.3 Å². The van der Waals surface area contributed by atoms with E-state index in [0.29, 0.717) is 52.8 Å². The Kier molecular flexibility index (Phi) is 6.94. The normalized spacial score (nSPS) is 17.0. The average Bonchev–Trinajstić information content (AvgIpc) is 3.38. The maximum Gasteiger partial charge on any atom is 0.274 e. The van der Waals surface area contributed by atoms with Crippen LogP contribution in [0.3, 0.4) is 0 Å². The van der Waals surface area contributed by atoms with Crippen molar-refractivity contribution in [2.24, 2.45) is 7.05 Å². The summed E-state index contributed by atoms with van der Waals surface area (Å²) in [5, 5.41) is 13.8. The molecule has 0 spiro atoms. The number of hydrogen-bond donors (Lipinski definition) is 2. The number of aliphatic hydroxyl groups is 1. The number of aliphatic hydroxyl groups excluding tert-OH is 1. The number of benzene rings is 2. The van der Waals surface area contributed by atoms with Gasteiger partial charge in [-0.1, -0.05) is 12.1 Å². The molecule has 8 nitrogen and oxygen atoms in total. The summed E-state index contributed by atoms with van der Waals surface area (Å²) in [6.07, 6.45) is 5.82. The molecule has 1 amide bonds. The molecule has 9 heteroatoms. The fourth-order valence-corrected chi connectivity index (χ4v) is 7.01. The molecule has 222 valence electrons. The molecule has 0 unspecified atom stereocenters. The molecule has 7 rings (SSSR count). The maximum absolute atomic E-state index is 15.3. The minimum Gasteiger partial charge on any atom is -0.392 e. The summed E-state index contributed by atoms with van der Waals surface area (Å²) in [5.74, 6) is -0.182. The summed E-state index contributed by atoms with van der Waals surface area (Å²) in [4.78, 5) is 30.7. The molecule has 1 fully saturated rings. The van der Waals surface area contributed by atoms with Gasteiger partial charge in [0.2, 0.25) is 0 Å². The Morgan fingerprint density at radius 2 is 1.74 bits per heavy atom. The molecule has 0 atom stereocenters. The molecule has 1 aliphatic carbocycles. The smallest absolute Gasteiger partial charge is 0.274 e. The van der Waals surface area contributed by atoms with Crippen LogP contribution in [0.15, 0.2) is 59.5 Å². The number of nitrogens with one attached hydrogen (secondary N) is 1. The lowest BCUT2D eigenvalue weighted by Crippen LogP contribution is -2.41. The number of aryl methyl sites for hydroxylation is 2. The molecule has 2 aliphatic heterocycles. The van der Waals surface area contributed by atoms with Crippen LogP contribution in [0.4, 0.5) is 21.5 Å². The highest BCUT2D eigenvalue weighted by atomic mass is 19.1. The molecular weight excluding hydrogens is 545 g/mol. The van der Waals surface area contributed by atoms with E-state index < -0.39 is 12.4 Å². The van der Waals surface area contributed by atoms with Crippen LogP contribution >= 0.6 is 0 Å². The average molecular weight is 582 g/mol. The summed E-state index contributed by atoms with van der Waals surface area (Å²) in [5.41, 5.74) is 7.04. The Labute approximate surface area is 250 Å². The number of rotatable bonds is 6. The Morgan fingerprint density at radius 3 is 2.49 bits per heavy atom. The summed E-state index contributed by atoms with van der Waals surface area (Å²) >= 11 is 0. The van der Waals surface area contributed by atoms with Gasteiger partial charge < -0.3 is 29.4 Å². The van der Waals surface area contributed by atoms with Gasteiger partial charge in [-0.15, -0.1) is 0 Å². The van der Waals surface area contributed by atoms with Gasteiger partial charge in [-0.3, -0.25) is 9.59 Å². The first-order chi connectivity index (χ1) is 20.8. The number of anilines is 3. The minimum absolute atomic E-state index is 0.188. The minimum atomic E-state index is -0.518. The molecule has 1 saturated heterocycles. The van der Waals surface area contributed by atoms with Gasteiger partial charge in [0.25, 0.3) is 11.5 Å². The van der Waals surface area contributed by atoms with Gasteiger partial charge in [0, 0.05) is 67.8 Å². The second-order valence-corrected chi connectivity index (χ2v) is 12.1. The number of carbonyl (C=O) groups is 1. The number of likely N-dealkylation sites (N-methyl/N-ethyl adjacent to an activating group) is 1. The molecule has 4 heterocycles. The van der Waals surface area contributed by atoms with Crippen LogP contribution < -0.4 is 15.8 Å². The number of fused-ring (bicyclic) bond motifs is 3. The lowest BCUT2D eigenvalue weighted by molar-refractivity contribution is 0.0964. The standard InChI is InChI=1S/C34H36FN5O3/c1-37-17-24(18-37)21-7-9-26(10-8-21)36-29-13-23(19-38(2)33(29)42)27-15-25(35)16-31(28(27)20-41)40-12-11-39-30-6-4-3-5-22(30)14-32(39)34(40)43/h7-10,13-16,19,24,36,41H,3-6,11-12,17-18,20H2,1-2H3. The highest BCUT2D eigenvalue weighted by Gasteiger charge is 2.32. The lowest BCUT2D eigenvalue weighted by atomic mass is 9.92. The third-order valence-electron chi connectivity index (χ3n) is 9.28. The number of aromatic nitrogens is 2. The van der Waals surface area contributed by atoms with E-state index in [1.807, 2.05) is 18.2 Å². The van der Waals surface area contributed by atoms with Crippen LogP contribution in [0, 0.1) is 5.82 Å². The van der Waals surface area contributed by atoms with Gasteiger partial charge in [0.15, 0.2) is 0 Å². The number of hydrogen-bond acceptors (Lipinski definition) is 5. The van der Waals surface area contributed by atoms with Crippen molar-refractivity contribution >= 4 is 23.0 Å². The zero-order valence-corrected chi connectivity index (χ0v) is 24.6. The van der Waals surface area contributed by atoms with E-state index in [2.05, 4.69) is 34.0 Å². The predicted octanol–water partition coefficient (Wildman–Crippen LogP) is 4.80. The van der Waals surface area contributed by atoms with Crippen molar-refractivity contribution in [3.63, 3.8) is 0 Å². The van der Waals surface area contributed by atoms with E-state index in [1.54, 1.807) is 24.2 Å². The predicted molar refractivity (Wildman–Crippen MR) is 166 cm³/mol. The van der Waals surface area contributed by atoms with Crippen molar-refractivity contribution in [3.8, 4) is 11.1 Å². The Morgan fingerprint density at radius 1 is 0.977 bits per heavy atom. The molecule has 4 aromatic rings. The zero-order chi connectivity index (χ0) is 29.8. The molecule has 43 heavy (non-hydrogen) atoms. The second kappa shape index (κ2) is 10.8. The van der Waals surface area contributed by atoms with Crippen molar-refractivity contribution in [2.45, 2.75) is 44.8 Å². The first kappa shape index (κ1) is 27.6. The van der Waals surface area contributed by atoms with Crippen LogP contribution in [-0.2, 0) is 33.0 Å². The zero-order valence-electron chi connectivity index (χ0n) is 24.6. The van der Waals surface area contributed by atoms with Crippen LogP contribution in [0.1, 0.15) is 51.6 Å². The topological polar surface area (TPSA) is 82.7 Å². The Balaban J connectivity index is 1.23. The van der Waals surface area contributed by atoms with Gasteiger partial charge in [-0.05, 0) is 85.8 Å². The summed E-state index contributed by atoms with van der Waals surface area (Å²) in [6, 6.07) is 14.5. The van der Waals surface area contributed by atoms with Gasteiger partial charge >= 0.3 is 0 Å².